The Balaban J connectivity index is 1.73. The molecule has 20 heavy (non-hydrogen) atoms. The maximum atomic E-state index is 12.6. The number of hydrogen-bond acceptors (Lipinski definition) is 3. The zero-order chi connectivity index (χ0) is 14.1. The Morgan fingerprint density at radius 3 is 3.00 bits per heavy atom. The van der Waals surface area contributed by atoms with Crippen molar-refractivity contribution in [3.05, 3.63) is 22.4 Å². The van der Waals surface area contributed by atoms with Gasteiger partial charge in [0.05, 0.1) is 0 Å². The van der Waals surface area contributed by atoms with E-state index in [0.29, 0.717) is 0 Å². The largest absolute Gasteiger partial charge is 0.329 e. The Hall–Kier alpha value is -1.36. The predicted molar refractivity (Wildman–Crippen MR) is 78.6 cm³/mol. The minimum absolute atomic E-state index is 0.0881. The second-order valence-electron chi connectivity index (χ2n) is 5.75. The number of carbonyl (C=O) groups excluding carboxylic acids is 2. The molecule has 3 rings (SSSR count). The van der Waals surface area contributed by atoms with Gasteiger partial charge in [0.2, 0.25) is 11.8 Å². The van der Waals surface area contributed by atoms with Crippen LogP contribution < -0.4 is 0 Å². The minimum Gasteiger partial charge on any atom is -0.329 e. The molecule has 2 unspecified atom stereocenters. The average molecular weight is 292 g/mol. The molecule has 0 aromatic carbocycles. The molecule has 2 saturated heterocycles. The van der Waals surface area contributed by atoms with Gasteiger partial charge in [-0.15, -0.1) is 0 Å². The molecular weight excluding hydrogens is 272 g/mol. The second kappa shape index (κ2) is 5.56. The molecule has 2 fully saturated rings. The van der Waals surface area contributed by atoms with Gasteiger partial charge in [0.15, 0.2) is 0 Å². The minimum atomic E-state index is -0.199. The van der Waals surface area contributed by atoms with Crippen LogP contribution in [0.3, 0.4) is 0 Å². The van der Waals surface area contributed by atoms with Crippen molar-refractivity contribution >= 4 is 23.2 Å². The highest BCUT2D eigenvalue weighted by atomic mass is 32.1. The standard InChI is InChI=1S/C15H20N2O2S/c1-11(8-12-5-7-20-10-12)17-9-14(18)16-6-3-2-4-13(16)15(17)19/h5,7,10-11,13H,2-4,6,8-9H2,1H3. The average Bonchev–Trinajstić information content (AvgIpc) is 2.95. The summed E-state index contributed by atoms with van der Waals surface area (Å²) in [6.07, 6.45) is 3.73. The molecule has 3 heterocycles. The van der Waals surface area contributed by atoms with Gasteiger partial charge in [-0.2, -0.15) is 11.3 Å². The van der Waals surface area contributed by atoms with Crippen molar-refractivity contribution in [2.24, 2.45) is 0 Å². The van der Waals surface area contributed by atoms with Crippen LogP contribution in [0.4, 0.5) is 0 Å². The number of carbonyl (C=O) groups is 2. The van der Waals surface area contributed by atoms with Crippen LogP contribution >= 0.6 is 11.3 Å². The van der Waals surface area contributed by atoms with Crippen LogP contribution in [0.15, 0.2) is 16.8 Å². The fourth-order valence-electron chi connectivity index (χ4n) is 3.23. The fourth-order valence-corrected chi connectivity index (χ4v) is 3.91. The first-order valence-electron chi connectivity index (χ1n) is 7.28. The summed E-state index contributed by atoms with van der Waals surface area (Å²) in [6.45, 7) is 3.05. The van der Waals surface area contributed by atoms with Crippen molar-refractivity contribution in [2.75, 3.05) is 13.1 Å². The van der Waals surface area contributed by atoms with Crippen molar-refractivity contribution in [1.29, 1.82) is 0 Å². The topological polar surface area (TPSA) is 40.6 Å². The predicted octanol–water partition coefficient (Wildman–Crippen LogP) is 1.90. The first-order valence-corrected chi connectivity index (χ1v) is 8.22. The summed E-state index contributed by atoms with van der Waals surface area (Å²) in [7, 11) is 0. The van der Waals surface area contributed by atoms with Crippen molar-refractivity contribution in [3.8, 4) is 0 Å². The molecule has 0 aliphatic carbocycles. The summed E-state index contributed by atoms with van der Waals surface area (Å²) in [5.41, 5.74) is 1.24. The van der Waals surface area contributed by atoms with Crippen molar-refractivity contribution in [1.82, 2.24) is 9.80 Å². The SMILES string of the molecule is CC(Cc1ccsc1)N1CC(=O)N2CCCCC2C1=O. The quantitative estimate of drug-likeness (QED) is 0.854. The lowest BCUT2D eigenvalue weighted by Crippen LogP contribution is -2.63. The molecule has 2 aliphatic heterocycles. The smallest absolute Gasteiger partial charge is 0.246 e. The third-order valence-corrected chi connectivity index (χ3v) is 5.07. The van der Waals surface area contributed by atoms with Crippen LogP contribution in [0, 0.1) is 0 Å². The van der Waals surface area contributed by atoms with Crippen LogP contribution in [0.5, 0.6) is 0 Å². The highest BCUT2D eigenvalue weighted by Gasteiger charge is 2.41. The highest BCUT2D eigenvalue weighted by molar-refractivity contribution is 7.07. The van der Waals surface area contributed by atoms with E-state index in [2.05, 4.69) is 11.4 Å². The van der Waals surface area contributed by atoms with E-state index in [-0.39, 0.29) is 30.4 Å². The number of fused-ring (bicyclic) bond motifs is 1. The van der Waals surface area contributed by atoms with Crippen molar-refractivity contribution < 1.29 is 9.59 Å². The van der Waals surface area contributed by atoms with Crippen molar-refractivity contribution in [3.63, 3.8) is 0 Å². The number of hydrogen-bond donors (Lipinski definition) is 0. The Morgan fingerprint density at radius 1 is 1.40 bits per heavy atom. The Kier molecular flexibility index (Phi) is 3.78. The summed E-state index contributed by atoms with van der Waals surface area (Å²) in [4.78, 5) is 28.4. The molecule has 5 heteroatoms. The number of nitrogens with zero attached hydrogens (tertiary/aromatic N) is 2. The fraction of sp³-hybridized carbons (Fsp3) is 0.600. The molecule has 0 spiro atoms. The van der Waals surface area contributed by atoms with E-state index in [1.807, 2.05) is 12.3 Å². The first-order chi connectivity index (χ1) is 9.66. The molecule has 0 N–H and O–H groups in total. The summed E-state index contributed by atoms with van der Waals surface area (Å²) >= 11 is 1.67. The molecule has 1 aromatic rings. The van der Waals surface area contributed by atoms with E-state index in [0.717, 1.165) is 32.2 Å². The summed E-state index contributed by atoms with van der Waals surface area (Å²) in [6, 6.07) is 1.98. The maximum absolute atomic E-state index is 12.6. The van der Waals surface area contributed by atoms with Gasteiger partial charge in [0.1, 0.15) is 12.6 Å². The summed E-state index contributed by atoms with van der Waals surface area (Å²) in [5.74, 6) is 0.262. The summed E-state index contributed by atoms with van der Waals surface area (Å²) < 4.78 is 0. The van der Waals surface area contributed by atoms with Crippen molar-refractivity contribution in [2.45, 2.75) is 44.7 Å². The number of thiophene rings is 1. The Labute approximate surface area is 123 Å². The molecule has 0 bridgehead atoms. The number of amides is 2. The molecule has 2 amide bonds. The van der Waals surface area contributed by atoms with Gasteiger partial charge >= 0.3 is 0 Å². The van der Waals surface area contributed by atoms with Crippen LogP contribution in [-0.2, 0) is 16.0 Å². The van der Waals surface area contributed by atoms with Gasteiger partial charge in [0.25, 0.3) is 0 Å². The lowest BCUT2D eigenvalue weighted by atomic mass is 9.96. The summed E-state index contributed by atoms with van der Waals surface area (Å²) in [5, 5.41) is 4.16. The number of piperidine rings is 1. The van der Waals surface area contributed by atoms with Gasteiger partial charge < -0.3 is 9.80 Å². The van der Waals surface area contributed by atoms with Crippen LogP contribution in [0.2, 0.25) is 0 Å². The van der Waals surface area contributed by atoms with E-state index in [1.165, 1.54) is 5.56 Å². The van der Waals surface area contributed by atoms with E-state index in [4.69, 9.17) is 0 Å². The molecule has 0 radical (unpaired) electrons. The van der Waals surface area contributed by atoms with Crippen LogP contribution in [-0.4, -0.2) is 46.8 Å². The lowest BCUT2D eigenvalue weighted by molar-refractivity contribution is -0.159. The van der Waals surface area contributed by atoms with Gasteiger partial charge in [-0.25, -0.2) is 0 Å². The van der Waals surface area contributed by atoms with Gasteiger partial charge in [-0.1, -0.05) is 0 Å². The van der Waals surface area contributed by atoms with E-state index in [9.17, 15) is 9.59 Å². The molecule has 1 aromatic heterocycles. The van der Waals surface area contributed by atoms with E-state index >= 15 is 0 Å². The molecule has 4 nitrogen and oxygen atoms in total. The maximum Gasteiger partial charge on any atom is 0.246 e. The zero-order valence-corrected chi connectivity index (χ0v) is 12.6. The molecular formula is C15H20N2O2S. The van der Waals surface area contributed by atoms with E-state index in [1.54, 1.807) is 21.1 Å². The molecule has 0 saturated carbocycles. The molecule has 2 atom stereocenters. The van der Waals surface area contributed by atoms with E-state index < -0.39 is 0 Å². The third-order valence-electron chi connectivity index (χ3n) is 4.34. The van der Waals surface area contributed by atoms with Crippen LogP contribution in [0.1, 0.15) is 31.7 Å². The Morgan fingerprint density at radius 2 is 2.25 bits per heavy atom. The van der Waals surface area contributed by atoms with Gasteiger partial charge in [-0.3, -0.25) is 9.59 Å². The monoisotopic (exact) mass is 292 g/mol. The number of piperazine rings is 1. The number of rotatable bonds is 3. The van der Waals surface area contributed by atoms with Crippen LogP contribution in [0.25, 0.3) is 0 Å². The highest BCUT2D eigenvalue weighted by Crippen LogP contribution is 2.25. The lowest BCUT2D eigenvalue weighted by Gasteiger charge is -2.44. The molecule has 108 valence electrons. The van der Waals surface area contributed by atoms with Gasteiger partial charge in [-0.05, 0) is 55.0 Å². The third kappa shape index (κ3) is 2.46. The zero-order valence-electron chi connectivity index (χ0n) is 11.7. The Bertz CT molecular complexity index is 500. The van der Waals surface area contributed by atoms with Gasteiger partial charge in [0, 0.05) is 12.6 Å². The first kappa shape index (κ1) is 13.6. The normalized spacial score (nSPS) is 24.8. The second-order valence-corrected chi connectivity index (χ2v) is 6.53. The molecule has 2 aliphatic rings.